The van der Waals surface area contributed by atoms with Crippen LogP contribution in [0.5, 0.6) is 0 Å². The van der Waals surface area contributed by atoms with Crippen LogP contribution in [0.1, 0.15) is 84.8 Å². The maximum atomic E-state index is 13.9. The average molecular weight is 541 g/mol. The van der Waals surface area contributed by atoms with E-state index < -0.39 is 5.41 Å². The summed E-state index contributed by atoms with van der Waals surface area (Å²) >= 11 is 0. The third-order valence-corrected chi connectivity index (χ3v) is 9.66. The van der Waals surface area contributed by atoms with Gasteiger partial charge < -0.3 is 9.64 Å². The molecule has 3 saturated heterocycles. The van der Waals surface area contributed by atoms with Gasteiger partial charge in [0, 0.05) is 30.8 Å². The van der Waals surface area contributed by atoms with E-state index in [1.165, 1.54) is 6.42 Å². The van der Waals surface area contributed by atoms with Crippen LogP contribution in [0.2, 0.25) is 0 Å². The molecule has 0 spiro atoms. The molecule has 5 aliphatic rings. The molecular weight excluding hydrogens is 500 g/mol. The van der Waals surface area contributed by atoms with Crippen molar-refractivity contribution in [3.05, 3.63) is 70.8 Å². The van der Waals surface area contributed by atoms with E-state index in [4.69, 9.17) is 4.74 Å². The van der Waals surface area contributed by atoms with Crippen LogP contribution in [0.3, 0.4) is 0 Å². The van der Waals surface area contributed by atoms with Crippen LogP contribution in [0.4, 0.5) is 5.69 Å². The summed E-state index contributed by atoms with van der Waals surface area (Å²) < 4.78 is 6.33. The van der Waals surface area contributed by atoms with E-state index in [1.54, 1.807) is 6.07 Å². The number of aldehydes is 1. The second-order valence-electron chi connectivity index (χ2n) is 12.1. The van der Waals surface area contributed by atoms with Crippen molar-refractivity contribution in [2.75, 3.05) is 31.1 Å². The molecule has 0 N–H and O–H groups in total. The molecule has 1 amide bonds. The van der Waals surface area contributed by atoms with E-state index in [9.17, 15) is 14.4 Å². The maximum absolute atomic E-state index is 13.9. The van der Waals surface area contributed by atoms with Crippen LogP contribution in [0, 0.1) is 5.92 Å². The first-order valence-corrected chi connectivity index (χ1v) is 15.1. The van der Waals surface area contributed by atoms with Crippen LogP contribution in [0.25, 0.3) is 6.08 Å². The van der Waals surface area contributed by atoms with Crippen LogP contribution in [-0.2, 0) is 26.2 Å². The molecule has 6 nitrogen and oxygen atoms in total. The first kappa shape index (κ1) is 26.9. The van der Waals surface area contributed by atoms with Gasteiger partial charge in [-0.05, 0) is 92.4 Å². The Bertz CT molecular complexity index is 1290. The lowest BCUT2D eigenvalue weighted by Gasteiger charge is -2.45. The molecule has 1 aliphatic carbocycles. The van der Waals surface area contributed by atoms with Crippen molar-refractivity contribution < 1.29 is 19.1 Å². The highest BCUT2D eigenvalue weighted by atomic mass is 16.5. The van der Waals surface area contributed by atoms with E-state index in [0.29, 0.717) is 30.9 Å². The van der Waals surface area contributed by atoms with Gasteiger partial charge in [0.2, 0.25) is 5.91 Å². The first-order valence-electron chi connectivity index (χ1n) is 15.1. The number of rotatable bonds is 8. The van der Waals surface area contributed by atoms with Gasteiger partial charge in [-0.15, -0.1) is 0 Å². The summed E-state index contributed by atoms with van der Waals surface area (Å²) in [5.41, 5.74) is 4.21. The van der Waals surface area contributed by atoms with Gasteiger partial charge in [0.25, 0.3) is 0 Å². The largest absolute Gasteiger partial charge is 0.460 e. The van der Waals surface area contributed by atoms with Gasteiger partial charge in [0.05, 0.1) is 5.41 Å². The van der Waals surface area contributed by atoms with Gasteiger partial charge in [0.1, 0.15) is 12.4 Å². The summed E-state index contributed by atoms with van der Waals surface area (Å²) in [5, 5.41) is 0. The minimum absolute atomic E-state index is 0.0212. The Morgan fingerprint density at radius 1 is 1.00 bits per heavy atom. The highest BCUT2D eigenvalue weighted by Gasteiger charge is 2.45. The predicted molar refractivity (Wildman–Crippen MR) is 156 cm³/mol. The molecule has 4 aliphatic heterocycles. The summed E-state index contributed by atoms with van der Waals surface area (Å²) in [6.07, 6.45) is 14.2. The number of piperidine rings is 3. The van der Waals surface area contributed by atoms with Gasteiger partial charge in [-0.25, -0.2) is 0 Å². The topological polar surface area (TPSA) is 66.9 Å². The molecule has 40 heavy (non-hydrogen) atoms. The predicted octanol–water partition coefficient (Wildman–Crippen LogP) is 5.72. The Balaban J connectivity index is 1.14. The minimum atomic E-state index is -0.557. The molecule has 2 aromatic carbocycles. The molecule has 0 unspecified atom stereocenters. The second kappa shape index (κ2) is 11.7. The molecule has 0 aromatic heterocycles. The number of ether oxygens (including phenoxy) is 1. The van der Waals surface area contributed by atoms with Crippen molar-refractivity contribution in [2.24, 2.45) is 5.92 Å². The molecule has 1 saturated carbocycles. The van der Waals surface area contributed by atoms with Gasteiger partial charge in [-0.2, -0.15) is 0 Å². The highest BCUT2D eigenvalue weighted by molar-refractivity contribution is 5.97. The normalized spacial score (nSPS) is 25.6. The fourth-order valence-electron chi connectivity index (χ4n) is 7.32. The molecule has 4 heterocycles. The van der Waals surface area contributed by atoms with E-state index in [2.05, 4.69) is 41.3 Å². The average Bonchev–Trinajstić information content (AvgIpc) is 3.01. The third-order valence-electron chi connectivity index (χ3n) is 9.66. The molecule has 6 heteroatoms. The lowest BCUT2D eigenvalue weighted by molar-refractivity contribution is -0.167. The lowest BCUT2D eigenvalue weighted by Crippen LogP contribution is -2.53. The monoisotopic (exact) mass is 540 g/mol. The van der Waals surface area contributed by atoms with E-state index in [1.807, 2.05) is 17.0 Å². The highest BCUT2D eigenvalue weighted by Crippen LogP contribution is 2.42. The second-order valence-corrected chi connectivity index (χ2v) is 12.1. The Morgan fingerprint density at radius 2 is 1.82 bits per heavy atom. The summed E-state index contributed by atoms with van der Waals surface area (Å²) in [6.45, 7) is 3.76. The molecule has 210 valence electrons. The minimum Gasteiger partial charge on any atom is -0.460 e. The number of aryl methyl sites for hydroxylation is 1. The molecule has 0 radical (unpaired) electrons. The van der Waals surface area contributed by atoms with Crippen LogP contribution in [0.15, 0.2) is 48.5 Å². The van der Waals surface area contributed by atoms with Crippen LogP contribution in [-0.4, -0.2) is 55.3 Å². The van der Waals surface area contributed by atoms with E-state index in [0.717, 1.165) is 93.2 Å². The Kier molecular flexibility index (Phi) is 7.88. The number of amides is 1. The molecule has 7 rings (SSSR count). The van der Waals surface area contributed by atoms with Crippen molar-refractivity contribution in [2.45, 2.75) is 75.7 Å². The molecule has 2 aromatic rings. The van der Waals surface area contributed by atoms with Crippen molar-refractivity contribution in [3.8, 4) is 0 Å². The van der Waals surface area contributed by atoms with Crippen LogP contribution < -0.4 is 4.90 Å². The number of hydrogen-bond donors (Lipinski definition) is 0. The molecule has 1 atom stereocenters. The quantitative estimate of drug-likeness (QED) is 0.316. The molecule has 2 bridgehead atoms. The van der Waals surface area contributed by atoms with E-state index in [-0.39, 0.29) is 18.0 Å². The maximum Gasteiger partial charge on any atom is 0.316 e. The fraction of sp³-hybridized carbons (Fsp3) is 0.500. The number of esters is 1. The van der Waals surface area contributed by atoms with Crippen molar-refractivity contribution >= 4 is 29.9 Å². The number of anilines is 1. The van der Waals surface area contributed by atoms with Crippen LogP contribution >= 0.6 is 0 Å². The zero-order chi connectivity index (χ0) is 27.5. The van der Waals surface area contributed by atoms with Crippen molar-refractivity contribution in [1.82, 2.24) is 4.90 Å². The van der Waals surface area contributed by atoms with Crippen molar-refractivity contribution in [3.63, 3.8) is 0 Å². The summed E-state index contributed by atoms with van der Waals surface area (Å²) in [6, 6.07) is 14.0. The zero-order valence-corrected chi connectivity index (χ0v) is 23.4. The number of benzene rings is 2. The molecular formula is C34H40N2O4. The number of hydrogen-bond acceptors (Lipinski definition) is 5. The Morgan fingerprint density at radius 3 is 2.58 bits per heavy atom. The Hall–Kier alpha value is -3.25. The standard InChI is InChI=1S/C34H40N2O4/c37-24-26-10-12-30-28(21-26)11-13-32(38)36(30)18-5-2-7-25-8-6-9-29(22-25)34(16-3-1-4-17-34)33(39)40-31-23-35-19-14-27(31)15-20-35/h2,6-10,12,21-22,24,27,31H,1,3-5,11,13-20,23H2/b7-2+/t31-/m0/s1. The van der Waals surface area contributed by atoms with Crippen molar-refractivity contribution in [1.29, 1.82) is 0 Å². The number of carbonyl (C=O) groups is 3. The summed E-state index contributed by atoms with van der Waals surface area (Å²) in [7, 11) is 0. The lowest BCUT2D eigenvalue weighted by atomic mass is 9.69. The van der Waals surface area contributed by atoms with Gasteiger partial charge in [-0.1, -0.05) is 55.7 Å². The fourth-order valence-corrected chi connectivity index (χ4v) is 7.32. The first-order chi connectivity index (χ1) is 19.6. The molecule has 4 fully saturated rings. The number of carbonyl (C=O) groups excluding carboxylic acids is 3. The SMILES string of the molecule is O=Cc1ccc2c(c1)CCC(=O)N2CC/C=C/c1cccc(C2(C(=O)O[C@H]3CN4CCC3CC4)CCCCC2)c1. The summed E-state index contributed by atoms with van der Waals surface area (Å²) in [5.74, 6) is 0.615. The van der Waals surface area contributed by atoms with Gasteiger partial charge in [-0.3, -0.25) is 19.3 Å². The smallest absolute Gasteiger partial charge is 0.316 e. The summed E-state index contributed by atoms with van der Waals surface area (Å²) in [4.78, 5) is 42.0. The van der Waals surface area contributed by atoms with Gasteiger partial charge >= 0.3 is 5.97 Å². The number of nitrogens with zero attached hydrogens (tertiary/aromatic N) is 2. The zero-order valence-electron chi connectivity index (χ0n) is 23.4. The number of fused-ring (bicyclic) bond motifs is 4. The van der Waals surface area contributed by atoms with Gasteiger partial charge in [0.15, 0.2) is 0 Å². The van der Waals surface area contributed by atoms with E-state index >= 15 is 0 Å². The Labute approximate surface area is 237 Å². The third kappa shape index (κ3) is 5.38.